The number of ether oxygens (including phenoxy) is 6. The van der Waals surface area contributed by atoms with E-state index in [1.54, 1.807) is 0 Å². The first kappa shape index (κ1) is 31.8. The van der Waals surface area contributed by atoms with Crippen molar-refractivity contribution in [3.05, 3.63) is 29.1 Å². The van der Waals surface area contributed by atoms with Crippen LogP contribution in [0.4, 0.5) is 22.0 Å². The highest BCUT2D eigenvalue weighted by Crippen LogP contribution is 2.29. The minimum atomic E-state index is -2.35. The van der Waals surface area contributed by atoms with E-state index in [-0.39, 0.29) is 38.1 Å². The third-order valence-electron chi connectivity index (χ3n) is 4.46. The second-order valence-corrected chi connectivity index (χ2v) is 7.56. The average molecular weight is 530 g/mol. The van der Waals surface area contributed by atoms with Crippen molar-refractivity contribution >= 4 is 11.8 Å². The standard InChI is InChI=1S/C23H31F5O8/c1-15(2)16(29)3-5-31-7-9-33-11-13-35-14-12-34-10-8-32-6-4-17(30)36-23-21(27)19(25)18(24)20(26)22(23)28/h15H,3-14H2,1-2H3. The van der Waals surface area contributed by atoms with E-state index in [1.807, 2.05) is 13.8 Å². The lowest BCUT2D eigenvalue weighted by Gasteiger charge is -2.09. The zero-order valence-corrected chi connectivity index (χ0v) is 20.2. The van der Waals surface area contributed by atoms with Crippen molar-refractivity contribution < 1.29 is 60.0 Å². The monoisotopic (exact) mass is 530 g/mol. The molecule has 0 aliphatic carbocycles. The average Bonchev–Trinajstić information content (AvgIpc) is 2.85. The van der Waals surface area contributed by atoms with Gasteiger partial charge in [-0.25, -0.2) is 13.2 Å². The van der Waals surface area contributed by atoms with Crippen LogP contribution in [0.15, 0.2) is 0 Å². The molecule has 0 unspecified atom stereocenters. The van der Waals surface area contributed by atoms with Crippen LogP contribution < -0.4 is 4.74 Å². The van der Waals surface area contributed by atoms with Crippen molar-refractivity contribution in [3.63, 3.8) is 0 Å². The van der Waals surface area contributed by atoms with Gasteiger partial charge in [-0.15, -0.1) is 0 Å². The molecule has 0 radical (unpaired) electrons. The zero-order valence-electron chi connectivity index (χ0n) is 20.2. The summed E-state index contributed by atoms with van der Waals surface area (Å²) in [6.07, 6.45) is -0.0906. The quantitative estimate of drug-likeness (QED) is 0.0633. The van der Waals surface area contributed by atoms with Crippen LogP contribution in [0.25, 0.3) is 0 Å². The number of carbonyl (C=O) groups is 2. The Morgan fingerprint density at radius 2 is 0.889 bits per heavy atom. The lowest BCUT2D eigenvalue weighted by molar-refractivity contribution is -0.136. The van der Waals surface area contributed by atoms with E-state index >= 15 is 0 Å². The summed E-state index contributed by atoms with van der Waals surface area (Å²) in [6.45, 7) is 6.20. The van der Waals surface area contributed by atoms with Crippen LogP contribution in [-0.2, 0) is 33.3 Å². The number of esters is 1. The van der Waals surface area contributed by atoms with E-state index < -0.39 is 47.2 Å². The van der Waals surface area contributed by atoms with Crippen molar-refractivity contribution in [1.82, 2.24) is 0 Å². The lowest BCUT2D eigenvalue weighted by atomic mass is 10.1. The van der Waals surface area contributed by atoms with Crippen molar-refractivity contribution in [2.45, 2.75) is 26.7 Å². The van der Waals surface area contributed by atoms with Crippen LogP contribution in [-0.4, -0.2) is 77.8 Å². The molecule has 0 aliphatic rings. The summed E-state index contributed by atoms with van der Waals surface area (Å²) in [5.41, 5.74) is 0. The van der Waals surface area contributed by atoms with Crippen molar-refractivity contribution in [2.75, 3.05) is 66.1 Å². The Labute approximate surface area is 205 Å². The van der Waals surface area contributed by atoms with Gasteiger partial charge in [0.1, 0.15) is 5.78 Å². The molecule has 0 saturated carbocycles. The summed E-state index contributed by atoms with van der Waals surface area (Å²) in [4.78, 5) is 23.0. The van der Waals surface area contributed by atoms with Gasteiger partial charge in [-0.05, 0) is 0 Å². The summed E-state index contributed by atoms with van der Waals surface area (Å²) in [5, 5.41) is 0. The molecule has 0 saturated heterocycles. The minimum absolute atomic E-state index is 0.00828. The van der Waals surface area contributed by atoms with Gasteiger partial charge in [0, 0.05) is 12.3 Å². The van der Waals surface area contributed by atoms with Gasteiger partial charge in [0.2, 0.25) is 34.8 Å². The van der Waals surface area contributed by atoms with E-state index in [4.69, 9.17) is 23.7 Å². The van der Waals surface area contributed by atoms with Gasteiger partial charge in [-0.2, -0.15) is 8.78 Å². The van der Waals surface area contributed by atoms with Gasteiger partial charge in [0.05, 0.1) is 72.5 Å². The van der Waals surface area contributed by atoms with E-state index in [0.29, 0.717) is 46.1 Å². The second kappa shape index (κ2) is 18.1. The molecule has 0 amide bonds. The molecule has 36 heavy (non-hydrogen) atoms. The Hall–Kier alpha value is -2.19. The molecule has 0 aliphatic heterocycles. The molecule has 0 bridgehead atoms. The largest absolute Gasteiger partial charge is 0.420 e. The zero-order chi connectivity index (χ0) is 26.9. The topological polar surface area (TPSA) is 89.5 Å². The third kappa shape index (κ3) is 12.2. The van der Waals surface area contributed by atoms with Gasteiger partial charge in [0.25, 0.3) is 0 Å². The van der Waals surface area contributed by atoms with Gasteiger partial charge in [-0.3, -0.25) is 9.59 Å². The molecule has 0 fully saturated rings. The minimum Gasteiger partial charge on any atom is -0.420 e. The van der Waals surface area contributed by atoms with E-state index in [9.17, 15) is 31.5 Å². The Kier molecular flexibility index (Phi) is 16.0. The molecule has 1 rings (SSSR count). The molecule has 8 nitrogen and oxygen atoms in total. The second-order valence-electron chi connectivity index (χ2n) is 7.56. The first-order valence-electron chi connectivity index (χ1n) is 11.3. The smallest absolute Gasteiger partial charge is 0.313 e. The molecule has 0 N–H and O–H groups in total. The van der Waals surface area contributed by atoms with Crippen molar-refractivity contribution in [1.29, 1.82) is 0 Å². The molecule has 0 atom stereocenters. The maximum Gasteiger partial charge on any atom is 0.313 e. The first-order valence-corrected chi connectivity index (χ1v) is 11.3. The van der Waals surface area contributed by atoms with E-state index in [1.165, 1.54) is 0 Å². The number of hydrogen-bond acceptors (Lipinski definition) is 8. The molecule has 1 aromatic carbocycles. The molecule has 0 spiro atoms. The van der Waals surface area contributed by atoms with E-state index in [2.05, 4.69) is 4.74 Å². The molecule has 0 aromatic heterocycles. The number of rotatable bonds is 20. The number of hydrogen-bond donors (Lipinski definition) is 0. The number of ketones is 1. The van der Waals surface area contributed by atoms with Crippen LogP contribution in [0.3, 0.4) is 0 Å². The third-order valence-corrected chi connectivity index (χ3v) is 4.46. The maximum absolute atomic E-state index is 13.5. The van der Waals surface area contributed by atoms with Gasteiger partial charge in [0.15, 0.2) is 0 Å². The summed E-state index contributed by atoms with van der Waals surface area (Å²) in [5.74, 6) is -14.0. The summed E-state index contributed by atoms with van der Waals surface area (Å²) in [6, 6.07) is 0. The first-order chi connectivity index (χ1) is 17.2. The highest BCUT2D eigenvalue weighted by Gasteiger charge is 2.28. The fourth-order valence-corrected chi connectivity index (χ4v) is 2.44. The fourth-order valence-electron chi connectivity index (χ4n) is 2.44. The number of Topliss-reactive ketones (excluding diaryl/α,β-unsaturated/α-hetero) is 1. The van der Waals surface area contributed by atoms with Crippen LogP contribution in [0, 0.1) is 35.0 Å². The predicted octanol–water partition coefficient (Wildman–Crippen LogP) is 3.38. The van der Waals surface area contributed by atoms with Crippen LogP contribution in [0.2, 0.25) is 0 Å². The SMILES string of the molecule is CC(C)C(=O)CCOCCOCCOCCOCCOCCC(=O)Oc1c(F)c(F)c(F)c(F)c1F. The van der Waals surface area contributed by atoms with Crippen molar-refractivity contribution in [2.24, 2.45) is 5.92 Å². The molecular formula is C23H31F5O8. The molecule has 1 aromatic rings. The maximum atomic E-state index is 13.5. The summed E-state index contributed by atoms with van der Waals surface area (Å²) >= 11 is 0. The summed E-state index contributed by atoms with van der Waals surface area (Å²) in [7, 11) is 0. The Balaban J connectivity index is 1.95. The van der Waals surface area contributed by atoms with Gasteiger partial charge >= 0.3 is 5.97 Å². The normalized spacial score (nSPS) is 11.3. The van der Waals surface area contributed by atoms with Gasteiger partial charge < -0.3 is 28.4 Å². The predicted molar refractivity (Wildman–Crippen MR) is 115 cm³/mol. The Bertz CT molecular complexity index is 793. The highest BCUT2D eigenvalue weighted by atomic mass is 19.2. The fraction of sp³-hybridized carbons (Fsp3) is 0.652. The Morgan fingerprint density at radius 1 is 0.556 bits per heavy atom. The van der Waals surface area contributed by atoms with Crippen LogP contribution in [0.1, 0.15) is 26.7 Å². The molecule has 206 valence electrons. The summed E-state index contributed by atoms with van der Waals surface area (Å²) < 4.78 is 96.5. The number of halogens is 5. The molecule has 13 heteroatoms. The van der Waals surface area contributed by atoms with Crippen LogP contribution >= 0.6 is 0 Å². The van der Waals surface area contributed by atoms with Crippen LogP contribution in [0.5, 0.6) is 5.75 Å². The molecular weight excluding hydrogens is 499 g/mol. The number of carbonyl (C=O) groups excluding carboxylic acids is 2. The lowest BCUT2D eigenvalue weighted by Crippen LogP contribution is -2.16. The van der Waals surface area contributed by atoms with Crippen molar-refractivity contribution in [3.8, 4) is 5.75 Å². The highest BCUT2D eigenvalue weighted by molar-refractivity contribution is 5.80. The molecule has 0 heterocycles. The Morgan fingerprint density at radius 3 is 1.28 bits per heavy atom. The number of benzene rings is 1. The van der Waals surface area contributed by atoms with Gasteiger partial charge in [-0.1, -0.05) is 13.8 Å². The van der Waals surface area contributed by atoms with E-state index in [0.717, 1.165) is 0 Å².